The van der Waals surface area contributed by atoms with Crippen LogP contribution in [0.3, 0.4) is 0 Å². The highest BCUT2D eigenvalue weighted by Gasteiger charge is 2.45. The SMILES string of the molecule is COc1ccc(C(OC[C@H]2O[C@@H](n3cnc4c(=O)[nH]c(NCC(C)(C)C)nc43)C[C@@H]2OP(OCCC#N)N(C(C)C)C(C)C)(c2ccccc2)c2ccc(OC)cc2)cc1. The Morgan fingerprint density at radius 2 is 1.55 bits per heavy atom. The second kappa shape index (κ2) is 19.7. The van der Waals surface area contributed by atoms with Gasteiger partial charge < -0.3 is 33.3 Å². The van der Waals surface area contributed by atoms with Crippen molar-refractivity contribution in [2.75, 3.05) is 39.3 Å². The van der Waals surface area contributed by atoms with Gasteiger partial charge in [-0.05, 0) is 74.1 Å². The standard InChI is InChI=1S/C45H58N7O7P/c1-30(2)52(31(3)4)60(57-25-13-24-46)59-37-26-39(51-29-48-40-41(51)49-43(50-42(40)53)47-28-44(5,6)7)58-38(37)27-56-45(32-14-11-10-12-15-32,33-16-20-35(54-8)21-17-33)34-18-22-36(55-9)23-19-34/h10-12,14-23,29-31,37-39H,13,25-28H2,1-9H3,(H2,47,49,50,53)/t37-,38+,39+,60?/m0/s1. The first-order valence-electron chi connectivity index (χ1n) is 20.4. The fraction of sp³-hybridized carbons (Fsp3) is 0.467. The highest BCUT2D eigenvalue weighted by molar-refractivity contribution is 7.44. The van der Waals surface area contributed by atoms with Gasteiger partial charge in [0.15, 0.2) is 11.2 Å². The third kappa shape index (κ3) is 10.2. The van der Waals surface area contributed by atoms with Gasteiger partial charge in [-0.15, -0.1) is 0 Å². The Morgan fingerprint density at radius 1 is 0.950 bits per heavy atom. The molecule has 1 aliphatic rings. The van der Waals surface area contributed by atoms with Gasteiger partial charge in [-0.1, -0.05) is 75.4 Å². The second-order valence-corrected chi connectivity index (χ2v) is 17.9. The van der Waals surface area contributed by atoms with E-state index in [1.54, 1.807) is 25.1 Å². The number of aromatic amines is 1. The van der Waals surface area contributed by atoms with Gasteiger partial charge in [0.25, 0.3) is 14.1 Å². The van der Waals surface area contributed by atoms with Gasteiger partial charge in [0, 0.05) is 25.0 Å². The summed E-state index contributed by atoms with van der Waals surface area (Å²) in [6.07, 6.45) is 0.356. The van der Waals surface area contributed by atoms with Crippen LogP contribution in [0.25, 0.3) is 11.2 Å². The van der Waals surface area contributed by atoms with Crippen molar-refractivity contribution in [3.8, 4) is 17.6 Å². The number of ether oxygens (including phenoxy) is 4. The van der Waals surface area contributed by atoms with E-state index in [2.05, 4.69) is 86.6 Å². The smallest absolute Gasteiger partial charge is 0.280 e. The van der Waals surface area contributed by atoms with Gasteiger partial charge in [-0.2, -0.15) is 10.2 Å². The van der Waals surface area contributed by atoms with Gasteiger partial charge in [0.2, 0.25) is 5.95 Å². The number of hydrogen-bond acceptors (Lipinski definition) is 12. The number of anilines is 1. The summed E-state index contributed by atoms with van der Waals surface area (Å²) in [7, 11) is 1.63. The van der Waals surface area contributed by atoms with Crippen molar-refractivity contribution in [1.29, 1.82) is 5.26 Å². The molecule has 3 heterocycles. The maximum absolute atomic E-state index is 13.3. The van der Waals surface area contributed by atoms with Crippen LogP contribution in [0, 0.1) is 16.7 Å². The third-order valence-corrected chi connectivity index (χ3v) is 12.4. The van der Waals surface area contributed by atoms with Crippen molar-refractivity contribution in [2.24, 2.45) is 5.41 Å². The van der Waals surface area contributed by atoms with Crippen LogP contribution < -0.4 is 20.3 Å². The number of nitriles is 1. The molecule has 0 bridgehead atoms. The van der Waals surface area contributed by atoms with E-state index in [4.69, 9.17) is 33.0 Å². The molecule has 60 heavy (non-hydrogen) atoms. The summed E-state index contributed by atoms with van der Waals surface area (Å²) in [6.45, 7) is 15.6. The number of hydrogen-bond donors (Lipinski definition) is 2. The van der Waals surface area contributed by atoms with Crippen LogP contribution in [0.2, 0.25) is 0 Å². The summed E-state index contributed by atoms with van der Waals surface area (Å²) in [5, 5.41) is 12.7. The Kier molecular flexibility index (Phi) is 14.6. The summed E-state index contributed by atoms with van der Waals surface area (Å²) in [5.74, 6) is 1.78. The van der Waals surface area contributed by atoms with Crippen LogP contribution in [0.4, 0.5) is 5.95 Å². The summed E-state index contributed by atoms with van der Waals surface area (Å²) < 4.78 is 42.9. The van der Waals surface area contributed by atoms with Gasteiger partial charge in [-0.25, -0.2) is 9.65 Å². The average Bonchev–Trinajstić information content (AvgIpc) is 3.85. The van der Waals surface area contributed by atoms with Crippen molar-refractivity contribution in [2.45, 2.75) is 97.4 Å². The lowest BCUT2D eigenvalue weighted by atomic mass is 9.80. The fourth-order valence-corrected chi connectivity index (χ4v) is 9.15. The lowest BCUT2D eigenvalue weighted by Crippen LogP contribution is -2.39. The maximum atomic E-state index is 13.3. The Hall–Kier alpha value is -4.87. The van der Waals surface area contributed by atoms with E-state index >= 15 is 0 Å². The van der Waals surface area contributed by atoms with Crippen LogP contribution in [-0.2, 0) is 24.1 Å². The van der Waals surface area contributed by atoms with E-state index in [0.29, 0.717) is 36.1 Å². The molecule has 0 aliphatic carbocycles. The molecule has 3 aromatic carbocycles. The number of nitrogens with one attached hydrogen (secondary N) is 2. The second-order valence-electron chi connectivity index (χ2n) is 16.5. The number of H-pyrrole nitrogens is 1. The molecule has 1 saturated heterocycles. The predicted octanol–water partition coefficient (Wildman–Crippen LogP) is 8.55. The summed E-state index contributed by atoms with van der Waals surface area (Å²) in [5.41, 5.74) is 1.71. The summed E-state index contributed by atoms with van der Waals surface area (Å²) in [4.78, 5) is 25.4. The number of fused-ring (bicyclic) bond motifs is 1. The molecule has 5 aromatic rings. The molecule has 1 fully saturated rings. The molecule has 1 unspecified atom stereocenters. The van der Waals surface area contributed by atoms with Crippen LogP contribution in [0.15, 0.2) is 90.0 Å². The minimum Gasteiger partial charge on any atom is -0.497 e. The van der Waals surface area contributed by atoms with E-state index < -0.39 is 32.6 Å². The molecule has 2 N–H and O–H groups in total. The van der Waals surface area contributed by atoms with Crippen LogP contribution >= 0.6 is 8.53 Å². The normalized spacial score (nSPS) is 17.7. The highest BCUT2D eigenvalue weighted by Crippen LogP contribution is 2.51. The van der Waals surface area contributed by atoms with Crippen molar-refractivity contribution in [1.82, 2.24) is 24.2 Å². The third-order valence-electron chi connectivity index (χ3n) is 10.2. The van der Waals surface area contributed by atoms with E-state index in [1.165, 1.54) is 0 Å². The quantitative estimate of drug-likeness (QED) is 0.0465. The summed E-state index contributed by atoms with van der Waals surface area (Å²) >= 11 is 0. The van der Waals surface area contributed by atoms with E-state index in [-0.39, 0.29) is 48.2 Å². The first-order chi connectivity index (χ1) is 28.8. The number of imidazole rings is 1. The molecule has 15 heteroatoms. The Bertz CT molecular complexity index is 2180. The highest BCUT2D eigenvalue weighted by atomic mass is 31.2. The van der Waals surface area contributed by atoms with E-state index in [1.807, 2.05) is 66.7 Å². The van der Waals surface area contributed by atoms with Crippen molar-refractivity contribution in [3.63, 3.8) is 0 Å². The molecule has 0 spiro atoms. The average molecular weight is 840 g/mol. The number of aromatic nitrogens is 4. The van der Waals surface area contributed by atoms with Gasteiger partial charge in [0.05, 0.1) is 52.4 Å². The first kappa shape index (κ1) is 44.7. The lowest BCUT2D eigenvalue weighted by Gasteiger charge is -2.39. The Balaban J connectivity index is 1.44. The monoisotopic (exact) mass is 839 g/mol. The van der Waals surface area contributed by atoms with Gasteiger partial charge in [-0.3, -0.25) is 14.3 Å². The van der Waals surface area contributed by atoms with E-state index in [9.17, 15) is 10.1 Å². The molecule has 0 radical (unpaired) electrons. The molecule has 1 aliphatic heterocycles. The molecular formula is C45H58N7O7P. The van der Waals surface area contributed by atoms with Crippen molar-refractivity contribution < 1.29 is 28.0 Å². The fourth-order valence-electron chi connectivity index (χ4n) is 7.39. The largest absolute Gasteiger partial charge is 0.497 e. The maximum Gasteiger partial charge on any atom is 0.280 e. The molecular weight excluding hydrogens is 782 g/mol. The minimum atomic E-state index is -1.66. The molecule has 4 atom stereocenters. The first-order valence-corrected chi connectivity index (χ1v) is 21.5. The zero-order valence-electron chi connectivity index (χ0n) is 36.0. The van der Waals surface area contributed by atoms with E-state index in [0.717, 1.165) is 16.7 Å². The Labute approximate surface area is 354 Å². The zero-order valence-corrected chi connectivity index (χ0v) is 36.9. The molecule has 6 rings (SSSR count). The Morgan fingerprint density at radius 3 is 2.10 bits per heavy atom. The topological polar surface area (TPSA) is 158 Å². The zero-order chi connectivity index (χ0) is 43.0. The molecule has 320 valence electrons. The number of rotatable bonds is 19. The number of benzene rings is 3. The van der Waals surface area contributed by atoms with Crippen LogP contribution in [0.1, 0.15) is 84.2 Å². The van der Waals surface area contributed by atoms with Crippen molar-refractivity contribution >= 4 is 25.6 Å². The molecule has 2 aromatic heterocycles. The number of methoxy groups -OCH3 is 2. The molecule has 0 saturated carbocycles. The minimum absolute atomic E-state index is 0.0553. The molecule has 0 amide bonds. The van der Waals surface area contributed by atoms with Crippen LogP contribution in [-0.4, -0.2) is 82.5 Å². The van der Waals surface area contributed by atoms with Gasteiger partial charge >= 0.3 is 0 Å². The predicted molar refractivity (Wildman–Crippen MR) is 233 cm³/mol. The summed E-state index contributed by atoms with van der Waals surface area (Å²) in [6, 6.07) is 28.2. The van der Waals surface area contributed by atoms with Crippen LogP contribution in [0.5, 0.6) is 11.5 Å². The molecule has 14 nitrogen and oxygen atoms in total. The van der Waals surface area contributed by atoms with Gasteiger partial charge in [0.1, 0.15) is 29.4 Å². The number of nitrogens with zero attached hydrogens (tertiary/aromatic N) is 5. The lowest BCUT2D eigenvalue weighted by molar-refractivity contribution is -0.0912. The van der Waals surface area contributed by atoms with Crippen molar-refractivity contribution in [3.05, 3.63) is 112 Å².